The van der Waals surface area contributed by atoms with Crippen molar-refractivity contribution in [2.75, 3.05) is 32.8 Å². The van der Waals surface area contributed by atoms with Gasteiger partial charge in [0.05, 0.1) is 6.10 Å². The van der Waals surface area contributed by atoms with Crippen LogP contribution in [0.2, 0.25) is 0 Å². The first kappa shape index (κ1) is 16.4. The molecule has 0 spiro atoms. The van der Waals surface area contributed by atoms with Gasteiger partial charge in [0.25, 0.3) is 0 Å². The Labute approximate surface area is 115 Å². The van der Waals surface area contributed by atoms with Gasteiger partial charge in [-0.2, -0.15) is 0 Å². The average Bonchev–Trinajstić information content (AvgIpc) is 2.41. The van der Waals surface area contributed by atoms with Gasteiger partial charge < -0.3 is 19.5 Å². The Bertz CT molecular complexity index is 260. The highest BCUT2D eigenvalue weighted by molar-refractivity contribution is 5.72. The zero-order valence-corrected chi connectivity index (χ0v) is 12.1. The normalized spacial score (nSPS) is 22.3. The molecule has 1 fully saturated rings. The highest BCUT2D eigenvalue weighted by atomic mass is 16.5. The van der Waals surface area contributed by atoms with E-state index in [4.69, 9.17) is 14.6 Å². The molecule has 0 amide bonds. The van der Waals surface area contributed by atoms with E-state index < -0.39 is 12.1 Å². The maximum Gasteiger partial charge on any atom is 0.332 e. The van der Waals surface area contributed by atoms with Gasteiger partial charge >= 0.3 is 5.97 Å². The summed E-state index contributed by atoms with van der Waals surface area (Å²) in [5, 5.41) is 9.03. The molecule has 19 heavy (non-hydrogen) atoms. The molecule has 1 heterocycles. The zero-order chi connectivity index (χ0) is 14.1. The summed E-state index contributed by atoms with van der Waals surface area (Å²) in [6.07, 6.45) is 3.46. The summed E-state index contributed by atoms with van der Waals surface area (Å²) in [5.41, 5.74) is 0. The average molecular weight is 273 g/mol. The fraction of sp³-hybridized carbons (Fsp3) is 0.929. The zero-order valence-electron chi connectivity index (χ0n) is 12.1. The van der Waals surface area contributed by atoms with Crippen LogP contribution in [0.4, 0.5) is 0 Å². The summed E-state index contributed by atoms with van der Waals surface area (Å²) in [6.45, 7) is 7.91. The van der Waals surface area contributed by atoms with Gasteiger partial charge in [-0.15, -0.1) is 0 Å². The van der Waals surface area contributed by atoms with E-state index in [-0.39, 0.29) is 0 Å². The minimum Gasteiger partial charge on any atom is -0.479 e. The predicted molar refractivity (Wildman–Crippen MR) is 73.4 cm³/mol. The molecule has 0 aromatic heterocycles. The summed E-state index contributed by atoms with van der Waals surface area (Å²) in [4.78, 5) is 13.3. The summed E-state index contributed by atoms with van der Waals surface area (Å²) in [6, 6.07) is 0. The first-order valence-corrected chi connectivity index (χ1v) is 7.35. The van der Waals surface area contributed by atoms with E-state index in [1.165, 1.54) is 0 Å². The van der Waals surface area contributed by atoms with Crippen LogP contribution in [0.25, 0.3) is 0 Å². The fourth-order valence-corrected chi connectivity index (χ4v) is 2.42. The van der Waals surface area contributed by atoms with Gasteiger partial charge in [0.1, 0.15) is 0 Å². The van der Waals surface area contributed by atoms with Crippen LogP contribution in [0.3, 0.4) is 0 Å². The number of aliphatic carboxylic acids is 1. The van der Waals surface area contributed by atoms with Gasteiger partial charge in [-0.25, -0.2) is 4.79 Å². The number of hydrogen-bond acceptors (Lipinski definition) is 4. The van der Waals surface area contributed by atoms with Crippen LogP contribution >= 0.6 is 0 Å². The number of hydrogen-bond donors (Lipinski definition) is 1. The highest BCUT2D eigenvalue weighted by Crippen LogP contribution is 2.14. The largest absolute Gasteiger partial charge is 0.479 e. The molecule has 1 aliphatic heterocycles. The second-order valence-electron chi connectivity index (χ2n) is 5.01. The Morgan fingerprint density at radius 2 is 2.26 bits per heavy atom. The second kappa shape index (κ2) is 9.28. The minimum atomic E-state index is -0.863. The third-order valence-corrected chi connectivity index (χ3v) is 3.37. The number of piperidine rings is 1. The molecule has 112 valence electrons. The predicted octanol–water partition coefficient (Wildman–Crippen LogP) is 1.76. The second-order valence-corrected chi connectivity index (χ2v) is 5.01. The monoisotopic (exact) mass is 273 g/mol. The molecule has 1 rings (SSSR count). The standard InChI is InChI=1S/C14H27NO4/c1-3-10-19-12-6-5-8-15(11-12)9-7-13(14(16)17)18-4-2/h12-13H,3-11H2,1-2H3,(H,16,17). The van der Waals surface area contributed by atoms with Crippen LogP contribution in [-0.2, 0) is 14.3 Å². The molecule has 5 heteroatoms. The summed E-state index contributed by atoms with van der Waals surface area (Å²) >= 11 is 0. The Morgan fingerprint density at radius 3 is 2.89 bits per heavy atom. The molecule has 5 nitrogen and oxygen atoms in total. The molecule has 0 aromatic rings. The van der Waals surface area contributed by atoms with E-state index in [1.807, 2.05) is 6.92 Å². The fourth-order valence-electron chi connectivity index (χ4n) is 2.42. The van der Waals surface area contributed by atoms with Crippen LogP contribution in [0.1, 0.15) is 39.5 Å². The SMILES string of the molecule is CCCOC1CCCN(CCC(OCC)C(=O)O)C1. The van der Waals surface area contributed by atoms with Crippen LogP contribution in [-0.4, -0.2) is 61.0 Å². The van der Waals surface area contributed by atoms with Gasteiger partial charge in [0.2, 0.25) is 0 Å². The summed E-state index contributed by atoms with van der Waals surface area (Å²) < 4.78 is 11.0. The number of nitrogens with zero attached hydrogens (tertiary/aromatic N) is 1. The van der Waals surface area contributed by atoms with Crippen molar-refractivity contribution >= 4 is 5.97 Å². The molecule has 1 N–H and O–H groups in total. The first-order chi connectivity index (χ1) is 9.17. The van der Waals surface area contributed by atoms with E-state index in [2.05, 4.69) is 11.8 Å². The van der Waals surface area contributed by atoms with Gasteiger partial charge in [-0.3, -0.25) is 0 Å². The van der Waals surface area contributed by atoms with Gasteiger partial charge in [-0.05, 0) is 39.2 Å². The number of likely N-dealkylation sites (tertiary alicyclic amines) is 1. The molecule has 2 atom stereocenters. The van der Waals surface area contributed by atoms with Crippen LogP contribution in [0.15, 0.2) is 0 Å². The topological polar surface area (TPSA) is 59.0 Å². The molecule has 1 saturated heterocycles. The Hall–Kier alpha value is -0.650. The maximum absolute atomic E-state index is 11.0. The van der Waals surface area contributed by atoms with Gasteiger partial charge in [0, 0.05) is 26.3 Å². The molecule has 1 aliphatic rings. The van der Waals surface area contributed by atoms with Crippen molar-refractivity contribution in [2.24, 2.45) is 0 Å². The Kier molecular flexibility index (Phi) is 8.02. The van der Waals surface area contributed by atoms with Crippen molar-refractivity contribution in [3.8, 4) is 0 Å². The molecule has 0 radical (unpaired) electrons. The smallest absolute Gasteiger partial charge is 0.332 e. The minimum absolute atomic E-state index is 0.309. The van der Waals surface area contributed by atoms with Gasteiger partial charge in [0.15, 0.2) is 6.10 Å². The van der Waals surface area contributed by atoms with Crippen molar-refractivity contribution in [3.05, 3.63) is 0 Å². The van der Waals surface area contributed by atoms with Crippen LogP contribution in [0, 0.1) is 0 Å². The first-order valence-electron chi connectivity index (χ1n) is 7.35. The third-order valence-electron chi connectivity index (χ3n) is 3.37. The lowest BCUT2D eigenvalue weighted by molar-refractivity contribution is -0.150. The highest BCUT2D eigenvalue weighted by Gasteiger charge is 2.23. The lowest BCUT2D eigenvalue weighted by atomic mass is 10.1. The number of carbonyl (C=O) groups is 1. The number of carboxylic acid groups (broad SMARTS) is 1. The van der Waals surface area contributed by atoms with E-state index >= 15 is 0 Å². The summed E-state index contributed by atoms with van der Waals surface area (Å²) in [7, 11) is 0. The molecule has 2 unspecified atom stereocenters. The van der Waals surface area contributed by atoms with Crippen molar-refractivity contribution in [1.82, 2.24) is 4.90 Å². The van der Waals surface area contributed by atoms with Crippen LogP contribution < -0.4 is 0 Å². The third kappa shape index (κ3) is 6.36. The molecular weight excluding hydrogens is 246 g/mol. The van der Waals surface area contributed by atoms with Crippen molar-refractivity contribution in [3.63, 3.8) is 0 Å². The maximum atomic E-state index is 11.0. The molecular formula is C14H27NO4. The Morgan fingerprint density at radius 1 is 1.47 bits per heavy atom. The van der Waals surface area contributed by atoms with Crippen molar-refractivity contribution < 1.29 is 19.4 Å². The van der Waals surface area contributed by atoms with E-state index in [1.54, 1.807) is 0 Å². The van der Waals surface area contributed by atoms with E-state index in [9.17, 15) is 4.79 Å². The lowest BCUT2D eigenvalue weighted by Crippen LogP contribution is -2.41. The Balaban J connectivity index is 2.29. The van der Waals surface area contributed by atoms with Crippen molar-refractivity contribution in [2.45, 2.75) is 51.7 Å². The molecule has 0 aromatic carbocycles. The number of ether oxygens (including phenoxy) is 2. The van der Waals surface area contributed by atoms with Gasteiger partial charge in [-0.1, -0.05) is 6.92 Å². The molecule has 0 bridgehead atoms. The molecule has 0 aliphatic carbocycles. The van der Waals surface area contributed by atoms with Crippen molar-refractivity contribution in [1.29, 1.82) is 0 Å². The van der Waals surface area contributed by atoms with E-state index in [0.717, 1.165) is 45.5 Å². The summed E-state index contributed by atoms with van der Waals surface area (Å²) in [5.74, 6) is -0.863. The van der Waals surface area contributed by atoms with E-state index in [0.29, 0.717) is 19.1 Å². The number of rotatable bonds is 9. The molecule has 0 saturated carbocycles. The quantitative estimate of drug-likeness (QED) is 0.693. The lowest BCUT2D eigenvalue weighted by Gasteiger charge is -2.33. The number of carboxylic acids is 1. The van der Waals surface area contributed by atoms with Crippen LogP contribution in [0.5, 0.6) is 0 Å².